The Bertz CT molecular complexity index is 1300. The van der Waals surface area contributed by atoms with Gasteiger partial charge in [0.2, 0.25) is 5.82 Å². The van der Waals surface area contributed by atoms with Gasteiger partial charge in [-0.25, -0.2) is 4.79 Å². The topological polar surface area (TPSA) is 111 Å². The number of carbonyl (C=O) groups is 1. The average Bonchev–Trinajstić information content (AvgIpc) is 3.53. The molecule has 2 aromatic carbocycles. The fraction of sp³-hybridized carbons (Fsp3) is 0.385. The van der Waals surface area contributed by atoms with Crippen molar-refractivity contribution in [2.24, 2.45) is 0 Å². The van der Waals surface area contributed by atoms with Crippen LogP contribution < -0.4 is 5.69 Å². The van der Waals surface area contributed by atoms with Gasteiger partial charge in [0, 0.05) is 18.4 Å². The molecule has 0 amide bonds. The van der Waals surface area contributed by atoms with Crippen molar-refractivity contribution in [2.75, 3.05) is 0 Å². The van der Waals surface area contributed by atoms with E-state index in [-0.39, 0.29) is 11.6 Å². The summed E-state index contributed by atoms with van der Waals surface area (Å²) in [6.45, 7) is 4.53. The van der Waals surface area contributed by atoms with Crippen molar-refractivity contribution in [2.45, 2.75) is 65.3 Å². The van der Waals surface area contributed by atoms with Gasteiger partial charge < -0.3 is 0 Å². The lowest BCUT2D eigenvalue weighted by atomic mass is 9.98. The Morgan fingerprint density at radius 1 is 0.943 bits per heavy atom. The van der Waals surface area contributed by atoms with E-state index < -0.39 is 0 Å². The second-order valence-corrected chi connectivity index (χ2v) is 8.63. The number of H-pyrrole nitrogens is 1. The molecule has 0 bridgehead atoms. The van der Waals surface area contributed by atoms with Crippen LogP contribution >= 0.6 is 0 Å². The fourth-order valence-electron chi connectivity index (χ4n) is 4.09. The molecule has 0 aliphatic rings. The van der Waals surface area contributed by atoms with E-state index in [1.807, 2.05) is 55.5 Å². The molecule has 0 fully saturated rings. The standard InChI is InChI=1S/C26H31N7O2/c1-3-5-7-12-23-29-33(24(34)13-6-4-2)26(35)32(23)18-19-14-16-20(17-15-19)21-10-8-9-11-22(21)25-27-30-31-28-25/h8-11,14-17H,3-7,12-13,18H2,1-2H3,(H,27,28,30,31). The molecule has 9 nitrogen and oxygen atoms in total. The second kappa shape index (κ2) is 11.5. The van der Waals surface area contributed by atoms with E-state index in [0.29, 0.717) is 31.0 Å². The molecule has 0 atom stereocenters. The largest absolute Gasteiger partial charge is 0.353 e. The maximum Gasteiger partial charge on any atom is 0.353 e. The summed E-state index contributed by atoms with van der Waals surface area (Å²) < 4.78 is 2.70. The highest BCUT2D eigenvalue weighted by molar-refractivity contribution is 5.80. The minimum Gasteiger partial charge on any atom is -0.274 e. The molecule has 2 aromatic heterocycles. The molecule has 0 spiro atoms. The second-order valence-electron chi connectivity index (χ2n) is 8.63. The summed E-state index contributed by atoms with van der Waals surface area (Å²) in [5.41, 5.74) is 3.49. The molecular formula is C26H31N7O2. The summed E-state index contributed by atoms with van der Waals surface area (Å²) in [5, 5.41) is 18.8. The van der Waals surface area contributed by atoms with Crippen LogP contribution in [0, 0.1) is 0 Å². The molecule has 0 saturated carbocycles. The lowest BCUT2D eigenvalue weighted by Crippen LogP contribution is -2.30. The normalized spacial score (nSPS) is 11.1. The molecule has 0 saturated heterocycles. The third kappa shape index (κ3) is 5.62. The van der Waals surface area contributed by atoms with Crippen LogP contribution in [0.2, 0.25) is 0 Å². The maximum atomic E-state index is 13.1. The Labute approximate surface area is 204 Å². The lowest BCUT2D eigenvalue weighted by Gasteiger charge is -2.09. The highest BCUT2D eigenvalue weighted by Crippen LogP contribution is 2.29. The van der Waals surface area contributed by atoms with Crippen molar-refractivity contribution < 1.29 is 4.79 Å². The zero-order chi connectivity index (χ0) is 24.6. The molecule has 4 aromatic rings. The number of carbonyl (C=O) groups excluding carboxylic acids is 1. The van der Waals surface area contributed by atoms with Crippen LogP contribution in [-0.4, -0.2) is 40.9 Å². The number of aromatic nitrogens is 7. The highest BCUT2D eigenvalue weighted by atomic mass is 16.2. The van der Waals surface area contributed by atoms with Gasteiger partial charge in [-0.05, 0) is 34.7 Å². The molecule has 0 aliphatic heterocycles. The fourth-order valence-corrected chi connectivity index (χ4v) is 4.09. The molecule has 9 heteroatoms. The van der Waals surface area contributed by atoms with Gasteiger partial charge in [0.25, 0.3) is 5.91 Å². The molecule has 2 heterocycles. The summed E-state index contributed by atoms with van der Waals surface area (Å²) in [4.78, 5) is 25.7. The van der Waals surface area contributed by atoms with Crippen LogP contribution in [0.4, 0.5) is 0 Å². The van der Waals surface area contributed by atoms with E-state index in [9.17, 15) is 9.59 Å². The van der Waals surface area contributed by atoms with Crippen LogP contribution in [0.25, 0.3) is 22.5 Å². The van der Waals surface area contributed by atoms with Crippen molar-refractivity contribution in [3.8, 4) is 22.5 Å². The number of aromatic amines is 1. The predicted octanol–water partition coefficient (Wildman–Crippen LogP) is 4.50. The molecule has 0 unspecified atom stereocenters. The number of hydrogen-bond donors (Lipinski definition) is 1. The van der Waals surface area contributed by atoms with Crippen LogP contribution in [-0.2, 0) is 13.0 Å². The van der Waals surface area contributed by atoms with Gasteiger partial charge in [-0.3, -0.25) is 9.36 Å². The number of unbranched alkanes of at least 4 members (excludes halogenated alkanes) is 3. The molecule has 1 N–H and O–H groups in total. The first-order chi connectivity index (χ1) is 17.1. The zero-order valence-electron chi connectivity index (χ0n) is 20.3. The van der Waals surface area contributed by atoms with Crippen LogP contribution in [0.3, 0.4) is 0 Å². The van der Waals surface area contributed by atoms with Gasteiger partial charge in [0.1, 0.15) is 5.82 Å². The molecule has 0 aliphatic carbocycles. The van der Waals surface area contributed by atoms with Crippen LogP contribution in [0.5, 0.6) is 0 Å². The minimum atomic E-state index is -0.357. The highest BCUT2D eigenvalue weighted by Gasteiger charge is 2.18. The predicted molar refractivity (Wildman–Crippen MR) is 134 cm³/mol. The quantitative estimate of drug-likeness (QED) is 0.321. The number of aryl methyl sites for hydroxylation is 1. The van der Waals surface area contributed by atoms with Crippen molar-refractivity contribution in [3.63, 3.8) is 0 Å². The number of nitrogens with zero attached hydrogens (tertiary/aromatic N) is 6. The number of nitrogens with one attached hydrogen (secondary N) is 1. The first kappa shape index (κ1) is 24.3. The van der Waals surface area contributed by atoms with Crippen molar-refractivity contribution >= 4 is 5.91 Å². The average molecular weight is 474 g/mol. The third-order valence-electron chi connectivity index (χ3n) is 6.04. The van der Waals surface area contributed by atoms with E-state index >= 15 is 0 Å². The molecule has 0 radical (unpaired) electrons. The summed E-state index contributed by atoms with van der Waals surface area (Å²) in [6, 6.07) is 15.9. The Morgan fingerprint density at radius 3 is 2.37 bits per heavy atom. The number of tetrazole rings is 1. The van der Waals surface area contributed by atoms with Gasteiger partial charge in [-0.15, -0.1) is 20.0 Å². The van der Waals surface area contributed by atoms with Gasteiger partial charge >= 0.3 is 5.69 Å². The summed E-state index contributed by atoms with van der Waals surface area (Å²) >= 11 is 0. The molecule has 35 heavy (non-hydrogen) atoms. The summed E-state index contributed by atoms with van der Waals surface area (Å²) in [7, 11) is 0. The van der Waals surface area contributed by atoms with Gasteiger partial charge in [-0.1, -0.05) is 81.6 Å². The minimum absolute atomic E-state index is 0.235. The third-order valence-corrected chi connectivity index (χ3v) is 6.04. The number of rotatable bonds is 11. The van der Waals surface area contributed by atoms with Gasteiger partial charge in [-0.2, -0.15) is 5.21 Å². The van der Waals surface area contributed by atoms with Crippen LogP contribution in [0.15, 0.2) is 53.3 Å². The Hall–Kier alpha value is -3.88. The van der Waals surface area contributed by atoms with E-state index in [1.54, 1.807) is 4.57 Å². The zero-order valence-corrected chi connectivity index (χ0v) is 20.3. The first-order valence-electron chi connectivity index (χ1n) is 12.3. The molecule has 182 valence electrons. The lowest BCUT2D eigenvalue weighted by molar-refractivity contribution is 0.0878. The number of benzene rings is 2. The first-order valence-corrected chi connectivity index (χ1v) is 12.3. The monoisotopic (exact) mass is 473 g/mol. The van der Waals surface area contributed by atoms with E-state index in [2.05, 4.69) is 32.6 Å². The summed E-state index contributed by atoms with van der Waals surface area (Å²) in [6.07, 6.45) is 5.71. The van der Waals surface area contributed by atoms with Gasteiger partial charge in [0.15, 0.2) is 0 Å². The Kier molecular flexibility index (Phi) is 7.97. The van der Waals surface area contributed by atoms with E-state index in [4.69, 9.17) is 0 Å². The SMILES string of the molecule is CCCCCc1nn(C(=O)CCCC)c(=O)n1Cc1ccc(-c2ccccc2-c2nn[nH]n2)cc1. The summed E-state index contributed by atoms with van der Waals surface area (Å²) in [5.74, 6) is 0.966. The Morgan fingerprint density at radius 2 is 1.69 bits per heavy atom. The Balaban J connectivity index is 1.60. The van der Waals surface area contributed by atoms with E-state index in [1.165, 1.54) is 0 Å². The van der Waals surface area contributed by atoms with Gasteiger partial charge in [0.05, 0.1) is 6.54 Å². The maximum absolute atomic E-state index is 13.1. The molecule has 4 rings (SSSR count). The molecular weight excluding hydrogens is 442 g/mol. The van der Waals surface area contributed by atoms with Crippen LogP contribution in [0.1, 0.15) is 68.6 Å². The smallest absolute Gasteiger partial charge is 0.274 e. The number of hydrogen-bond acceptors (Lipinski definition) is 6. The van der Waals surface area contributed by atoms with Crippen molar-refractivity contribution in [1.29, 1.82) is 0 Å². The van der Waals surface area contributed by atoms with E-state index in [0.717, 1.165) is 59.0 Å². The van der Waals surface area contributed by atoms with Crippen molar-refractivity contribution in [3.05, 3.63) is 70.4 Å². The van der Waals surface area contributed by atoms with Crippen molar-refractivity contribution in [1.82, 2.24) is 35.0 Å².